The molecule has 0 aliphatic carbocycles. The van der Waals surface area contributed by atoms with Crippen LogP contribution in [0.4, 0.5) is 10.1 Å². The average Bonchev–Trinajstić information content (AvgIpc) is 3.20. The molecule has 4 rings (SSSR count). The van der Waals surface area contributed by atoms with Crippen molar-refractivity contribution in [3.63, 3.8) is 0 Å². The van der Waals surface area contributed by atoms with E-state index >= 15 is 0 Å². The van der Waals surface area contributed by atoms with Crippen molar-refractivity contribution in [2.24, 2.45) is 5.10 Å². The van der Waals surface area contributed by atoms with E-state index in [0.29, 0.717) is 22.5 Å². The second kappa shape index (κ2) is 8.36. The van der Waals surface area contributed by atoms with Crippen molar-refractivity contribution in [2.45, 2.75) is 17.4 Å². The number of benzene rings is 3. The summed E-state index contributed by atoms with van der Waals surface area (Å²) in [6, 6.07) is 19.5. The number of nitrogens with one attached hydrogen (secondary N) is 1. The number of halogens is 1. The molecule has 3 aromatic rings. The fourth-order valence-corrected chi connectivity index (χ4v) is 5.50. The van der Waals surface area contributed by atoms with Crippen molar-refractivity contribution in [3.05, 3.63) is 95.8 Å². The molecule has 166 valence electrons. The molecule has 1 heterocycles. The van der Waals surface area contributed by atoms with E-state index in [4.69, 9.17) is 0 Å². The summed E-state index contributed by atoms with van der Waals surface area (Å²) in [6.07, 6.45) is 1.28. The molecule has 7 nitrogen and oxygen atoms in total. The zero-order valence-electron chi connectivity index (χ0n) is 17.0. The molecule has 32 heavy (non-hydrogen) atoms. The van der Waals surface area contributed by atoms with Crippen LogP contribution < -0.4 is 4.72 Å². The van der Waals surface area contributed by atoms with Gasteiger partial charge >= 0.3 is 0 Å². The SMILES string of the molecule is CS(=O)(=O)Nc1cccc(C2=NN(S(=O)(=O)c3ccccc3)C(c3ccc(F)cc3)C2)c1. The Labute approximate surface area is 186 Å². The zero-order valence-corrected chi connectivity index (χ0v) is 18.6. The van der Waals surface area contributed by atoms with Crippen LogP contribution in [0.15, 0.2) is 88.9 Å². The highest BCUT2D eigenvalue weighted by Gasteiger charge is 2.37. The van der Waals surface area contributed by atoms with Crippen LogP contribution in [0.5, 0.6) is 0 Å². The lowest BCUT2D eigenvalue weighted by Crippen LogP contribution is -2.27. The normalized spacial score (nSPS) is 16.6. The Bertz CT molecular complexity index is 1370. The van der Waals surface area contributed by atoms with Gasteiger partial charge in [0.25, 0.3) is 10.0 Å². The van der Waals surface area contributed by atoms with E-state index in [-0.39, 0.29) is 11.3 Å². The van der Waals surface area contributed by atoms with E-state index in [1.807, 2.05) is 0 Å². The second-order valence-electron chi connectivity index (χ2n) is 7.36. The minimum absolute atomic E-state index is 0.0876. The highest BCUT2D eigenvalue weighted by atomic mass is 32.2. The van der Waals surface area contributed by atoms with Crippen LogP contribution in [-0.2, 0) is 20.0 Å². The molecular formula is C22H20FN3O4S2. The molecule has 0 amide bonds. The average molecular weight is 474 g/mol. The number of sulfonamides is 2. The van der Waals surface area contributed by atoms with Gasteiger partial charge in [-0.25, -0.2) is 12.8 Å². The first-order chi connectivity index (χ1) is 15.1. The maximum atomic E-state index is 13.5. The lowest BCUT2D eigenvalue weighted by atomic mass is 9.99. The molecule has 0 bridgehead atoms. The van der Waals surface area contributed by atoms with E-state index in [1.54, 1.807) is 42.5 Å². The van der Waals surface area contributed by atoms with Crippen molar-refractivity contribution < 1.29 is 21.2 Å². The molecule has 0 radical (unpaired) electrons. The van der Waals surface area contributed by atoms with E-state index in [9.17, 15) is 21.2 Å². The minimum Gasteiger partial charge on any atom is -0.284 e. The first kappa shape index (κ1) is 22.0. The maximum Gasteiger partial charge on any atom is 0.279 e. The number of anilines is 1. The van der Waals surface area contributed by atoms with Crippen molar-refractivity contribution >= 4 is 31.4 Å². The van der Waals surface area contributed by atoms with Gasteiger partial charge in [0, 0.05) is 12.1 Å². The molecule has 1 aliphatic rings. The Morgan fingerprint density at radius 1 is 0.938 bits per heavy atom. The molecule has 0 spiro atoms. The largest absolute Gasteiger partial charge is 0.284 e. The molecular weight excluding hydrogens is 453 g/mol. The van der Waals surface area contributed by atoms with Crippen LogP contribution in [0.25, 0.3) is 0 Å². The minimum atomic E-state index is -3.99. The van der Waals surface area contributed by atoms with E-state index in [2.05, 4.69) is 9.82 Å². The standard InChI is InChI=1S/C22H20FN3O4S2/c1-31(27,28)25-19-7-5-6-17(14-19)21-15-22(16-10-12-18(23)13-11-16)26(24-21)32(29,30)20-8-3-2-4-9-20/h2-14,22,25H,15H2,1H3. The van der Waals surface area contributed by atoms with Gasteiger partial charge in [0.15, 0.2) is 0 Å². The molecule has 10 heteroatoms. The second-order valence-corrected chi connectivity index (χ2v) is 10.9. The van der Waals surface area contributed by atoms with Gasteiger partial charge in [-0.3, -0.25) is 4.72 Å². The third-order valence-electron chi connectivity index (χ3n) is 4.91. The number of nitrogens with zero attached hydrogens (tertiary/aromatic N) is 2. The Balaban J connectivity index is 1.77. The van der Waals surface area contributed by atoms with Gasteiger partial charge in [-0.1, -0.05) is 42.5 Å². The van der Waals surface area contributed by atoms with Crippen molar-refractivity contribution in [1.82, 2.24) is 4.41 Å². The van der Waals surface area contributed by atoms with E-state index < -0.39 is 31.9 Å². The summed E-state index contributed by atoms with van der Waals surface area (Å²) >= 11 is 0. The smallest absolute Gasteiger partial charge is 0.279 e. The van der Waals surface area contributed by atoms with Crippen molar-refractivity contribution in [3.8, 4) is 0 Å². The van der Waals surface area contributed by atoms with Gasteiger partial charge in [0.05, 0.1) is 22.9 Å². The Morgan fingerprint density at radius 3 is 2.28 bits per heavy atom. The van der Waals surface area contributed by atoms with E-state index in [1.165, 1.54) is 36.4 Å². The Morgan fingerprint density at radius 2 is 1.62 bits per heavy atom. The van der Waals surface area contributed by atoms with E-state index in [0.717, 1.165) is 10.7 Å². The van der Waals surface area contributed by atoms with Crippen LogP contribution in [0.2, 0.25) is 0 Å². The highest BCUT2D eigenvalue weighted by Crippen LogP contribution is 2.37. The fraction of sp³-hybridized carbons (Fsp3) is 0.136. The molecule has 0 saturated carbocycles. The summed E-state index contributed by atoms with van der Waals surface area (Å²) in [5.41, 5.74) is 1.98. The van der Waals surface area contributed by atoms with Gasteiger partial charge in [-0.15, -0.1) is 0 Å². The van der Waals surface area contributed by atoms with Crippen LogP contribution in [-0.4, -0.2) is 33.2 Å². The monoisotopic (exact) mass is 473 g/mol. The van der Waals surface area contributed by atoms with Gasteiger partial charge < -0.3 is 0 Å². The summed E-state index contributed by atoms with van der Waals surface area (Å²) in [5, 5.41) is 4.42. The summed E-state index contributed by atoms with van der Waals surface area (Å²) in [5.74, 6) is -0.426. The summed E-state index contributed by atoms with van der Waals surface area (Å²) < 4.78 is 66.8. The molecule has 0 saturated heterocycles. The highest BCUT2D eigenvalue weighted by molar-refractivity contribution is 7.92. The summed E-state index contributed by atoms with van der Waals surface area (Å²) in [7, 11) is -7.46. The summed E-state index contributed by atoms with van der Waals surface area (Å²) in [6.45, 7) is 0. The van der Waals surface area contributed by atoms with Crippen molar-refractivity contribution in [2.75, 3.05) is 11.0 Å². The molecule has 1 aliphatic heterocycles. The van der Waals surface area contributed by atoms with Crippen molar-refractivity contribution in [1.29, 1.82) is 0 Å². The van der Waals surface area contributed by atoms with Gasteiger partial charge in [-0.05, 0) is 47.5 Å². The number of hydrogen-bond acceptors (Lipinski definition) is 5. The predicted octanol–water partition coefficient (Wildman–Crippen LogP) is 3.74. The lowest BCUT2D eigenvalue weighted by Gasteiger charge is -2.23. The lowest BCUT2D eigenvalue weighted by molar-refractivity contribution is 0.371. The number of rotatable bonds is 6. The topological polar surface area (TPSA) is 95.9 Å². The molecule has 1 unspecified atom stereocenters. The molecule has 1 N–H and O–H groups in total. The Hall–Kier alpha value is -3.24. The summed E-state index contributed by atoms with van der Waals surface area (Å²) in [4.78, 5) is 0.0876. The first-order valence-electron chi connectivity index (χ1n) is 9.64. The van der Waals surface area contributed by atoms with Crippen LogP contribution >= 0.6 is 0 Å². The maximum absolute atomic E-state index is 13.5. The number of hydrogen-bond donors (Lipinski definition) is 1. The molecule has 1 atom stereocenters. The molecule has 3 aromatic carbocycles. The van der Waals surface area contributed by atoms with Crippen LogP contribution in [0.1, 0.15) is 23.6 Å². The van der Waals surface area contributed by atoms with Crippen LogP contribution in [0, 0.1) is 5.82 Å². The van der Waals surface area contributed by atoms with Crippen LogP contribution in [0.3, 0.4) is 0 Å². The third-order valence-corrected chi connectivity index (χ3v) is 7.22. The van der Waals surface area contributed by atoms with Gasteiger partial charge in [-0.2, -0.15) is 17.9 Å². The van der Waals surface area contributed by atoms with Gasteiger partial charge in [0.2, 0.25) is 10.0 Å². The third kappa shape index (κ3) is 4.66. The van der Waals surface area contributed by atoms with Gasteiger partial charge in [0.1, 0.15) is 5.82 Å². The molecule has 0 aromatic heterocycles. The Kier molecular flexibility index (Phi) is 5.74. The quantitative estimate of drug-likeness (QED) is 0.590. The zero-order chi connectivity index (χ0) is 22.9. The predicted molar refractivity (Wildman–Crippen MR) is 121 cm³/mol. The molecule has 0 fully saturated rings. The first-order valence-corrected chi connectivity index (χ1v) is 13.0. The fourth-order valence-electron chi connectivity index (χ4n) is 3.49. The number of hydrazone groups is 1.